The highest BCUT2D eigenvalue weighted by atomic mass is 32.2. The number of hydrogen-bond acceptors (Lipinski definition) is 4. The molecule has 1 heterocycles. The lowest BCUT2D eigenvalue weighted by Gasteiger charge is -2.25. The molecule has 0 radical (unpaired) electrons. The summed E-state index contributed by atoms with van der Waals surface area (Å²) in [5, 5.41) is 3.03. The number of hydrogen-bond donors (Lipinski definition) is 2. The Morgan fingerprint density at radius 1 is 1.33 bits per heavy atom. The molecule has 0 aliphatic rings. The Balaban J connectivity index is 2.96. The maximum atomic E-state index is 12.5. The molecule has 0 saturated carbocycles. The molecule has 2 N–H and O–H groups in total. The molecule has 0 amide bonds. The SMILES string of the molecule is CNCc1cc(S(=O)(=O)NC(CN(C)C)C(C)C)cn1C. The van der Waals surface area contributed by atoms with Crippen molar-refractivity contribution in [3.8, 4) is 0 Å². The van der Waals surface area contributed by atoms with Gasteiger partial charge in [-0.25, -0.2) is 13.1 Å². The Kier molecular flexibility index (Phi) is 6.40. The van der Waals surface area contributed by atoms with E-state index in [1.165, 1.54) is 0 Å². The maximum Gasteiger partial charge on any atom is 0.242 e. The number of aromatic nitrogens is 1. The highest BCUT2D eigenvalue weighted by Gasteiger charge is 2.24. The lowest BCUT2D eigenvalue weighted by Crippen LogP contribution is -2.44. The van der Waals surface area contributed by atoms with Gasteiger partial charge in [-0.2, -0.15) is 0 Å². The van der Waals surface area contributed by atoms with Crippen molar-refractivity contribution in [3.63, 3.8) is 0 Å². The molecule has 21 heavy (non-hydrogen) atoms. The summed E-state index contributed by atoms with van der Waals surface area (Å²) >= 11 is 0. The van der Waals surface area contributed by atoms with Crippen molar-refractivity contribution in [2.45, 2.75) is 31.3 Å². The summed E-state index contributed by atoms with van der Waals surface area (Å²) in [6.07, 6.45) is 1.65. The van der Waals surface area contributed by atoms with Crippen LogP contribution in [-0.2, 0) is 23.6 Å². The highest BCUT2D eigenvalue weighted by Crippen LogP contribution is 2.15. The van der Waals surface area contributed by atoms with Crippen LogP contribution < -0.4 is 10.0 Å². The standard InChI is InChI=1S/C14H28N4O2S/c1-11(2)14(10-17(4)5)16-21(19,20)13-7-12(8-15-3)18(6)9-13/h7,9,11,14-16H,8,10H2,1-6H3. The van der Waals surface area contributed by atoms with Gasteiger partial charge in [0.2, 0.25) is 10.0 Å². The topological polar surface area (TPSA) is 66.4 Å². The number of rotatable bonds is 8. The first kappa shape index (κ1) is 18.2. The number of likely N-dealkylation sites (N-methyl/N-ethyl adjacent to an activating group) is 1. The molecule has 1 atom stereocenters. The summed E-state index contributed by atoms with van der Waals surface area (Å²) in [6, 6.07) is 1.60. The minimum atomic E-state index is -3.50. The zero-order valence-corrected chi connectivity index (χ0v) is 14.7. The molecule has 1 aromatic heterocycles. The Hall–Kier alpha value is -0.890. The number of sulfonamides is 1. The molecule has 1 unspecified atom stereocenters. The van der Waals surface area contributed by atoms with Gasteiger partial charge in [0.25, 0.3) is 0 Å². The van der Waals surface area contributed by atoms with E-state index in [9.17, 15) is 8.42 Å². The molecule has 0 aliphatic heterocycles. The van der Waals surface area contributed by atoms with Crippen LogP contribution in [0.3, 0.4) is 0 Å². The second kappa shape index (κ2) is 7.40. The molecule has 0 bridgehead atoms. The van der Waals surface area contributed by atoms with Gasteiger partial charge in [0.15, 0.2) is 0 Å². The van der Waals surface area contributed by atoms with Crippen molar-refractivity contribution in [3.05, 3.63) is 18.0 Å². The van der Waals surface area contributed by atoms with Crippen LogP contribution in [0.4, 0.5) is 0 Å². The fourth-order valence-corrected chi connectivity index (χ4v) is 3.60. The largest absolute Gasteiger partial charge is 0.352 e. The van der Waals surface area contributed by atoms with Gasteiger partial charge in [-0.1, -0.05) is 13.8 Å². The average molecular weight is 316 g/mol. The van der Waals surface area contributed by atoms with Crippen LogP contribution in [0.2, 0.25) is 0 Å². The van der Waals surface area contributed by atoms with Gasteiger partial charge in [0, 0.05) is 38.1 Å². The maximum absolute atomic E-state index is 12.5. The Bertz CT molecular complexity index is 549. The normalized spacial score (nSPS) is 14.1. The Morgan fingerprint density at radius 2 is 1.95 bits per heavy atom. The number of aryl methyl sites for hydroxylation is 1. The van der Waals surface area contributed by atoms with E-state index < -0.39 is 10.0 Å². The van der Waals surface area contributed by atoms with E-state index in [1.54, 1.807) is 12.3 Å². The molecule has 0 aliphatic carbocycles. The summed E-state index contributed by atoms with van der Waals surface area (Å²) in [5.74, 6) is 0.225. The summed E-state index contributed by atoms with van der Waals surface area (Å²) in [4.78, 5) is 2.31. The minimum absolute atomic E-state index is 0.113. The first-order valence-electron chi connectivity index (χ1n) is 7.14. The van der Waals surface area contributed by atoms with Crippen LogP contribution in [0.15, 0.2) is 17.2 Å². The molecule has 1 rings (SSSR count). The van der Waals surface area contributed by atoms with Crippen LogP contribution >= 0.6 is 0 Å². The van der Waals surface area contributed by atoms with Gasteiger partial charge in [0.05, 0.1) is 4.90 Å². The third-order valence-electron chi connectivity index (χ3n) is 3.42. The monoisotopic (exact) mass is 316 g/mol. The molecule has 1 aromatic rings. The van der Waals surface area contributed by atoms with Gasteiger partial charge in [-0.3, -0.25) is 0 Å². The van der Waals surface area contributed by atoms with E-state index in [4.69, 9.17) is 0 Å². The summed E-state index contributed by atoms with van der Waals surface area (Å²) < 4.78 is 29.7. The second-order valence-corrected chi connectivity index (χ2v) is 7.76. The minimum Gasteiger partial charge on any atom is -0.352 e. The van der Waals surface area contributed by atoms with E-state index in [1.807, 2.05) is 51.5 Å². The highest BCUT2D eigenvalue weighted by molar-refractivity contribution is 7.89. The first-order chi connectivity index (χ1) is 9.67. The molecule has 122 valence electrons. The molecule has 6 nitrogen and oxygen atoms in total. The van der Waals surface area contributed by atoms with Crippen LogP contribution in [0, 0.1) is 5.92 Å². The number of nitrogens with one attached hydrogen (secondary N) is 2. The van der Waals surface area contributed by atoms with E-state index in [2.05, 4.69) is 10.0 Å². The van der Waals surface area contributed by atoms with Crippen molar-refractivity contribution in [2.75, 3.05) is 27.7 Å². The zero-order chi connectivity index (χ0) is 16.2. The van der Waals surface area contributed by atoms with E-state index in [0.717, 1.165) is 5.69 Å². The molecular weight excluding hydrogens is 288 g/mol. The van der Waals surface area contributed by atoms with E-state index in [0.29, 0.717) is 18.0 Å². The fraction of sp³-hybridized carbons (Fsp3) is 0.714. The van der Waals surface area contributed by atoms with Gasteiger partial charge in [-0.05, 0) is 33.1 Å². The lowest BCUT2D eigenvalue weighted by molar-refractivity contribution is 0.314. The Morgan fingerprint density at radius 3 is 2.43 bits per heavy atom. The van der Waals surface area contributed by atoms with E-state index >= 15 is 0 Å². The van der Waals surface area contributed by atoms with Gasteiger partial charge in [0.1, 0.15) is 0 Å². The first-order valence-corrected chi connectivity index (χ1v) is 8.62. The van der Waals surface area contributed by atoms with Gasteiger partial charge < -0.3 is 14.8 Å². The summed E-state index contributed by atoms with van der Waals surface area (Å²) in [5.41, 5.74) is 0.937. The molecule has 0 saturated heterocycles. The molecule has 0 spiro atoms. The third kappa shape index (κ3) is 5.10. The Labute approximate surface area is 128 Å². The number of nitrogens with zero attached hydrogens (tertiary/aromatic N) is 2. The molecular formula is C14H28N4O2S. The summed E-state index contributed by atoms with van der Waals surface area (Å²) in [6.45, 7) is 5.35. The molecule has 0 aromatic carbocycles. The quantitative estimate of drug-likeness (QED) is 0.737. The molecule has 0 fully saturated rings. The predicted octanol–water partition coefficient (Wildman–Crippen LogP) is 0.609. The van der Waals surface area contributed by atoms with Crippen LogP contribution in [-0.4, -0.2) is 51.6 Å². The van der Waals surface area contributed by atoms with Crippen molar-refractivity contribution >= 4 is 10.0 Å². The molecule has 7 heteroatoms. The van der Waals surface area contributed by atoms with Gasteiger partial charge >= 0.3 is 0 Å². The van der Waals surface area contributed by atoms with Crippen LogP contribution in [0.25, 0.3) is 0 Å². The van der Waals surface area contributed by atoms with Gasteiger partial charge in [-0.15, -0.1) is 0 Å². The predicted molar refractivity (Wildman–Crippen MR) is 85.7 cm³/mol. The van der Waals surface area contributed by atoms with E-state index in [-0.39, 0.29) is 12.0 Å². The third-order valence-corrected chi connectivity index (χ3v) is 4.88. The van der Waals surface area contributed by atoms with Crippen LogP contribution in [0.1, 0.15) is 19.5 Å². The lowest BCUT2D eigenvalue weighted by atomic mass is 10.1. The van der Waals surface area contributed by atoms with Crippen LogP contribution in [0.5, 0.6) is 0 Å². The average Bonchev–Trinajstić information content (AvgIpc) is 2.70. The van der Waals surface area contributed by atoms with Crippen molar-refractivity contribution in [1.29, 1.82) is 0 Å². The van der Waals surface area contributed by atoms with Crippen molar-refractivity contribution in [1.82, 2.24) is 19.5 Å². The smallest absolute Gasteiger partial charge is 0.242 e. The van der Waals surface area contributed by atoms with Crippen molar-refractivity contribution in [2.24, 2.45) is 13.0 Å². The zero-order valence-electron chi connectivity index (χ0n) is 13.8. The van der Waals surface area contributed by atoms with Crippen molar-refractivity contribution < 1.29 is 8.42 Å². The fourth-order valence-electron chi connectivity index (χ4n) is 2.13. The summed E-state index contributed by atoms with van der Waals surface area (Å²) in [7, 11) is 4.08. The second-order valence-electron chi connectivity index (χ2n) is 6.04.